The summed E-state index contributed by atoms with van der Waals surface area (Å²) in [6.45, 7) is 17.3. The van der Waals surface area contributed by atoms with E-state index < -0.39 is 0 Å². The first-order valence-electron chi connectivity index (χ1n) is 14.2. The molecule has 0 saturated carbocycles. The van der Waals surface area contributed by atoms with Gasteiger partial charge in [0.05, 0.1) is 30.4 Å². The summed E-state index contributed by atoms with van der Waals surface area (Å²) < 4.78 is 6.18. The van der Waals surface area contributed by atoms with Crippen molar-refractivity contribution in [2.24, 2.45) is 5.41 Å². The number of ether oxygens (including phenoxy) is 1. The second-order valence-corrected chi connectivity index (χ2v) is 11.4. The van der Waals surface area contributed by atoms with E-state index in [0.717, 1.165) is 78.5 Å². The highest BCUT2D eigenvalue weighted by Crippen LogP contribution is 2.30. The fraction of sp³-hybridized carbons (Fsp3) is 0.567. The lowest BCUT2D eigenvalue weighted by Gasteiger charge is -2.36. The average Bonchev–Trinajstić information content (AvgIpc) is 2.89. The van der Waals surface area contributed by atoms with E-state index in [1.54, 1.807) is 0 Å². The Balaban J connectivity index is 1.61. The first-order valence-corrected chi connectivity index (χ1v) is 14.2. The summed E-state index contributed by atoms with van der Waals surface area (Å²) in [5.41, 5.74) is 14.0. The minimum Gasteiger partial charge on any atom is -0.397 e. The highest BCUT2D eigenvalue weighted by Gasteiger charge is 2.25. The summed E-state index contributed by atoms with van der Waals surface area (Å²) in [5, 5.41) is 6.80. The van der Waals surface area contributed by atoms with Crippen LogP contribution in [0.5, 0.6) is 0 Å². The largest absolute Gasteiger partial charge is 0.397 e. The third-order valence-electron chi connectivity index (χ3n) is 7.59. The second-order valence-electron chi connectivity index (χ2n) is 11.4. The lowest BCUT2D eigenvalue weighted by Crippen LogP contribution is -2.38. The summed E-state index contributed by atoms with van der Waals surface area (Å²) in [7, 11) is 4.00. The van der Waals surface area contributed by atoms with Gasteiger partial charge in [-0.2, -0.15) is 0 Å². The minimum atomic E-state index is 0.445. The van der Waals surface area contributed by atoms with E-state index in [0.29, 0.717) is 18.8 Å². The zero-order valence-corrected chi connectivity index (χ0v) is 24.4. The number of likely N-dealkylation sites (tertiary alicyclic amines) is 1. The molecule has 3 rings (SSSR count). The Kier molecular flexibility index (Phi) is 11.3. The first kappa shape index (κ1) is 29.8. The Hall–Kier alpha value is -2.71. The summed E-state index contributed by atoms with van der Waals surface area (Å²) in [5.74, 6) is 0. The van der Waals surface area contributed by atoms with Crippen LogP contribution in [-0.2, 0) is 11.3 Å². The van der Waals surface area contributed by atoms with E-state index in [9.17, 15) is 0 Å². The Labute approximate surface area is 231 Å². The van der Waals surface area contributed by atoms with Gasteiger partial charge < -0.3 is 26.0 Å². The Morgan fingerprint density at radius 1 is 1.18 bits per heavy atom. The number of nitrogens with zero attached hydrogens (tertiary/aromatic N) is 3. The third kappa shape index (κ3) is 8.95. The normalized spacial score (nSPS) is 15.3. The van der Waals surface area contributed by atoms with Gasteiger partial charge in [0.2, 0.25) is 0 Å². The van der Waals surface area contributed by atoms with Gasteiger partial charge in [0.15, 0.2) is 0 Å². The molecular weight excluding hydrogens is 471 g/mol. The summed E-state index contributed by atoms with van der Waals surface area (Å²) in [6.07, 6.45) is 9.68. The van der Waals surface area contributed by atoms with Gasteiger partial charge in [-0.1, -0.05) is 51.7 Å². The molecule has 1 aliphatic rings. The molecule has 0 radical (unpaired) electrons. The Morgan fingerprint density at radius 2 is 1.95 bits per heavy atom. The molecule has 0 spiro atoms. The van der Waals surface area contributed by atoms with E-state index in [2.05, 4.69) is 72.7 Å². The quantitative estimate of drug-likeness (QED) is 0.185. The molecule has 2 heterocycles. The van der Waals surface area contributed by atoms with Crippen LogP contribution in [-0.4, -0.2) is 69.1 Å². The van der Waals surface area contributed by atoms with Crippen molar-refractivity contribution < 1.29 is 4.74 Å². The lowest BCUT2D eigenvalue weighted by molar-refractivity contribution is -0.00794. The smallest absolute Gasteiger partial charge is 0.139 e. The molecular formula is C30H49BN6O. The Bertz CT molecular complexity index is 1030. The van der Waals surface area contributed by atoms with Gasteiger partial charge in [0.1, 0.15) is 7.85 Å². The lowest BCUT2D eigenvalue weighted by atomic mass is 9.83. The van der Waals surface area contributed by atoms with Gasteiger partial charge in [0, 0.05) is 69.0 Å². The van der Waals surface area contributed by atoms with Gasteiger partial charge in [-0.05, 0) is 36.8 Å². The molecule has 4 N–H and O–H groups in total. The van der Waals surface area contributed by atoms with Crippen molar-refractivity contribution >= 4 is 36.1 Å². The van der Waals surface area contributed by atoms with Crippen molar-refractivity contribution in [1.29, 1.82) is 0 Å². The molecule has 0 aliphatic carbocycles. The van der Waals surface area contributed by atoms with Crippen LogP contribution in [0.15, 0.2) is 37.2 Å². The topological polar surface area (TPSA) is 78.7 Å². The first-order chi connectivity index (χ1) is 18.2. The van der Waals surface area contributed by atoms with Gasteiger partial charge in [-0.25, -0.2) is 0 Å². The van der Waals surface area contributed by atoms with E-state index in [-0.39, 0.29) is 0 Å². The molecule has 208 valence electrons. The van der Waals surface area contributed by atoms with E-state index in [1.165, 1.54) is 25.7 Å². The Morgan fingerprint density at radius 3 is 2.66 bits per heavy atom. The van der Waals surface area contributed by atoms with Gasteiger partial charge in [0.25, 0.3) is 0 Å². The minimum absolute atomic E-state index is 0.445. The maximum absolute atomic E-state index is 6.49. The zero-order valence-electron chi connectivity index (χ0n) is 24.4. The molecule has 1 aliphatic heterocycles. The predicted octanol–water partition coefficient (Wildman–Crippen LogP) is 4.14. The van der Waals surface area contributed by atoms with Gasteiger partial charge in [-0.3, -0.25) is 9.88 Å². The number of nitrogen functional groups attached to an aromatic ring is 1. The number of rotatable bonds is 15. The summed E-state index contributed by atoms with van der Waals surface area (Å²) in [4.78, 5) is 9.16. The number of hydrogen-bond donors (Lipinski definition) is 3. The number of unbranched alkanes of at least 4 members (excludes halogenated alkanes) is 2. The van der Waals surface area contributed by atoms with Crippen LogP contribution in [0.4, 0.5) is 17.1 Å². The zero-order chi connectivity index (χ0) is 27.5. The standard InChI is InChI=1S/C30H49BN6O/c1-6-7-8-12-37(23(2)24-17-27(33-5)20-34-19-24)15-11-35-29-25(16-26(31)18-28(29)32)21-38-22-36-13-9-30(3,4)10-14-36/h16-20,33,35H,2,6-15,21-22,31-32H2,1,3-5H3. The van der Waals surface area contributed by atoms with Gasteiger partial charge >= 0.3 is 0 Å². The van der Waals surface area contributed by atoms with Crippen LogP contribution in [0.3, 0.4) is 0 Å². The molecule has 0 amide bonds. The molecule has 8 heteroatoms. The van der Waals surface area contributed by atoms with Crippen molar-refractivity contribution in [2.45, 2.75) is 59.5 Å². The number of pyridine rings is 1. The van der Waals surface area contributed by atoms with E-state index >= 15 is 0 Å². The summed E-state index contributed by atoms with van der Waals surface area (Å²) in [6, 6.07) is 6.32. The maximum Gasteiger partial charge on any atom is 0.139 e. The number of anilines is 3. The fourth-order valence-electron chi connectivity index (χ4n) is 4.96. The van der Waals surface area contributed by atoms with E-state index in [4.69, 9.17) is 10.5 Å². The highest BCUT2D eigenvalue weighted by molar-refractivity contribution is 6.33. The van der Waals surface area contributed by atoms with Crippen molar-refractivity contribution in [1.82, 2.24) is 14.8 Å². The summed E-state index contributed by atoms with van der Waals surface area (Å²) >= 11 is 0. The average molecular weight is 521 g/mol. The van der Waals surface area contributed by atoms with Crippen LogP contribution >= 0.6 is 0 Å². The molecule has 0 unspecified atom stereocenters. The van der Waals surface area contributed by atoms with E-state index in [1.807, 2.05) is 25.5 Å². The van der Waals surface area contributed by atoms with Crippen molar-refractivity contribution in [3.63, 3.8) is 0 Å². The molecule has 0 bridgehead atoms. The van der Waals surface area contributed by atoms with Crippen LogP contribution in [0.2, 0.25) is 0 Å². The molecule has 1 fully saturated rings. The van der Waals surface area contributed by atoms with Crippen molar-refractivity contribution in [2.75, 3.05) is 62.9 Å². The number of nitrogens with two attached hydrogens (primary N) is 1. The molecule has 0 atom stereocenters. The number of hydrogen-bond acceptors (Lipinski definition) is 7. The number of benzene rings is 1. The molecule has 2 aromatic rings. The van der Waals surface area contributed by atoms with Crippen molar-refractivity contribution in [3.05, 3.63) is 48.3 Å². The molecule has 7 nitrogen and oxygen atoms in total. The monoisotopic (exact) mass is 520 g/mol. The fourth-order valence-corrected chi connectivity index (χ4v) is 4.96. The molecule has 1 saturated heterocycles. The van der Waals surface area contributed by atoms with Gasteiger partial charge in [-0.15, -0.1) is 0 Å². The predicted molar refractivity (Wildman–Crippen MR) is 166 cm³/mol. The highest BCUT2D eigenvalue weighted by atomic mass is 16.5. The maximum atomic E-state index is 6.49. The number of nitrogens with one attached hydrogen (secondary N) is 2. The number of piperidine rings is 1. The molecule has 1 aromatic heterocycles. The van der Waals surface area contributed by atoms with Crippen LogP contribution in [0, 0.1) is 5.41 Å². The number of aromatic nitrogens is 1. The van der Waals surface area contributed by atoms with Crippen molar-refractivity contribution in [3.8, 4) is 0 Å². The molecule has 1 aromatic carbocycles. The second kappa shape index (κ2) is 14.4. The third-order valence-corrected chi connectivity index (χ3v) is 7.59. The molecule has 38 heavy (non-hydrogen) atoms. The van der Waals surface area contributed by atoms with Crippen LogP contribution in [0.1, 0.15) is 64.0 Å². The van der Waals surface area contributed by atoms with Crippen LogP contribution in [0.25, 0.3) is 5.70 Å². The van der Waals surface area contributed by atoms with Crippen LogP contribution < -0.4 is 21.8 Å². The SMILES string of the molecule is Bc1cc(N)c(NCCN(CCCCC)C(=C)c2cncc(NC)c2)c(COCN2CCC(C)(C)CC2)c1.